The number of carbonyl (C=O) groups excluding carboxylic acids is 1. The lowest BCUT2D eigenvalue weighted by Crippen LogP contribution is -2.40. The number of hydrogen-bond donors (Lipinski definition) is 1. The number of rotatable bonds is 4. The molecule has 2 aromatic rings. The summed E-state index contributed by atoms with van der Waals surface area (Å²) in [6, 6.07) is 15.1. The number of fused-ring (bicyclic) bond motifs is 3. The molecule has 1 N–H and O–H groups in total. The molecule has 0 bridgehead atoms. The Morgan fingerprint density at radius 1 is 1.14 bits per heavy atom. The molecule has 0 saturated carbocycles. The number of allylic oxidation sites excluding steroid dienone is 2. The minimum Gasteiger partial charge on any atom is -0.319 e. The van der Waals surface area contributed by atoms with E-state index < -0.39 is 0 Å². The number of piperidine rings is 1. The van der Waals surface area contributed by atoms with Gasteiger partial charge in [0.2, 0.25) is 5.91 Å². The van der Waals surface area contributed by atoms with Crippen LogP contribution in [0.15, 0.2) is 64.4 Å². The van der Waals surface area contributed by atoms with Crippen molar-refractivity contribution in [3.05, 3.63) is 64.8 Å². The van der Waals surface area contributed by atoms with E-state index in [1.807, 2.05) is 18.1 Å². The second-order valence-corrected chi connectivity index (χ2v) is 10.7. The SMILES string of the molecule is CN(N=CN1C(c2ccc3ccccc3c2)=CN2C3=C(CCCC3)SC12)C(=O)C1CCCNC1.Cl. The molecular formula is C27H32ClN5OS. The summed E-state index contributed by atoms with van der Waals surface area (Å²) in [6.07, 6.45) is 11.0. The third-order valence-electron chi connectivity index (χ3n) is 7.32. The summed E-state index contributed by atoms with van der Waals surface area (Å²) in [6.45, 7) is 1.74. The van der Waals surface area contributed by atoms with Gasteiger partial charge in [-0.15, -0.1) is 12.4 Å². The molecule has 1 saturated heterocycles. The molecule has 2 unspecified atom stereocenters. The van der Waals surface area contributed by atoms with Gasteiger partial charge in [-0.1, -0.05) is 48.2 Å². The van der Waals surface area contributed by atoms with E-state index in [2.05, 4.69) is 68.9 Å². The maximum Gasteiger partial charge on any atom is 0.246 e. The molecule has 8 heteroatoms. The van der Waals surface area contributed by atoms with E-state index in [-0.39, 0.29) is 29.7 Å². The van der Waals surface area contributed by atoms with Gasteiger partial charge in [-0.2, -0.15) is 5.10 Å². The zero-order chi connectivity index (χ0) is 23.1. The number of benzene rings is 2. The normalized spacial score (nSPS) is 23.9. The molecule has 4 aliphatic rings. The molecule has 1 amide bonds. The Bertz CT molecular complexity index is 1210. The first-order valence-corrected chi connectivity index (χ1v) is 13.3. The maximum absolute atomic E-state index is 12.9. The van der Waals surface area contributed by atoms with Crippen molar-refractivity contribution in [1.29, 1.82) is 0 Å². The number of nitrogens with one attached hydrogen (secondary N) is 1. The molecule has 0 spiro atoms. The third kappa shape index (κ3) is 4.57. The minimum absolute atomic E-state index is 0. The van der Waals surface area contributed by atoms with Crippen molar-refractivity contribution in [2.45, 2.75) is 44.0 Å². The number of nitrogens with zero attached hydrogens (tertiary/aromatic N) is 4. The van der Waals surface area contributed by atoms with Crippen molar-refractivity contribution in [2.24, 2.45) is 11.0 Å². The summed E-state index contributed by atoms with van der Waals surface area (Å²) in [4.78, 5) is 19.1. The van der Waals surface area contributed by atoms with Crippen molar-refractivity contribution in [3.8, 4) is 0 Å². The van der Waals surface area contributed by atoms with E-state index >= 15 is 0 Å². The van der Waals surface area contributed by atoms with Gasteiger partial charge >= 0.3 is 0 Å². The minimum atomic E-state index is 0. The Balaban J connectivity index is 0.00000253. The van der Waals surface area contributed by atoms with Gasteiger partial charge in [-0.05, 0) is 61.9 Å². The molecule has 3 aliphatic heterocycles. The van der Waals surface area contributed by atoms with Crippen molar-refractivity contribution in [3.63, 3.8) is 0 Å². The maximum atomic E-state index is 12.9. The summed E-state index contributed by atoms with van der Waals surface area (Å²) in [5.41, 5.74) is 3.90. The van der Waals surface area contributed by atoms with Crippen LogP contribution in [0.25, 0.3) is 16.5 Å². The number of amides is 1. The van der Waals surface area contributed by atoms with Gasteiger partial charge in [0.05, 0.1) is 11.6 Å². The van der Waals surface area contributed by atoms with E-state index in [1.54, 1.807) is 7.05 Å². The van der Waals surface area contributed by atoms with Gasteiger partial charge in [-0.3, -0.25) is 9.69 Å². The Morgan fingerprint density at radius 3 is 2.80 bits per heavy atom. The van der Waals surface area contributed by atoms with Crippen LogP contribution in [0.4, 0.5) is 0 Å². The highest BCUT2D eigenvalue weighted by Crippen LogP contribution is 2.51. The molecule has 3 heterocycles. The lowest BCUT2D eigenvalue weighted by Gasteiger charge is -2.28. The van der Waals surface area contributed by atoms with Crippen LogP contribution in [0.1, 0.15) is 44.1 Å². The molecule has 0 aromatic heterocycles. The topological polar surface area (TPSA) is 51.2 Å². The highest BCUT2D eigenvalue weighted by Gasteiger charge is 2.41. The van der Waals surface area contributed by atoms with E-state index in [4.69, 9.17) is 0 Å². The smallest absolute Gasteiger partial charge is 0.246 e. The first-order chi connectivity index (χ1) is 16.7. The zero-order valence-corrected chi connectivity index (χ0v) is 21.7. The molecule has 0 radical (unpaired) electrons. The average molecular weight is 510 g/mol. The lowest BCUT2D eigenvalue weighted by atomic mass is 9.99. The highest BCUT2D eigenvalue weighted by molar-refractivity contribution is 8.03. The van der Waals surface area contributed by atoms with Crippen LogP contribution in [0, 0.1) is 5.92 Å². The first kappa shape index (κ1) is 24.2. The first-order valence-electron chi connectivity index (χ1n) is 12.4. The fourth-order valence-corrected chi connectivity index (χ4v) is 6.88. The Labute approximate surface area is 217 Å². The number of hydrazone groups is 1. The van der Waals surface area contributed by atoms with Crippen molar-refractivity contribution >= 4 is 52.9 Å². The zero-order valence-electron chi connectivity index (χ0n) is 20.0. The summed E-state index contributed by atoms with van der Waals surface area (Å²) in [7, 11) is 1.78. The van der Waals surface area contributed by atoms with Crippen LogP contribution in [-0.4, -0.2) is 52.7 Å². The van der Waals surface area contributed by atoms with Gasteiger partial charge < -0.3 is 10.2 Å². The predicted molar refractivity (Wildman–Crippen MR) is 147 cm³/mol. The molecule has 6 nitrogen and oxygen atoms in total. The van der Waals surface area contributed by atoms with Crippen LogP contribution in [0.2, 0.25) is 0 Å². The summed E-state index contributed by atoms with van der Waals surface area (Å²) in [5, 5.41) is 12.0. The van der Waals surface area contributed by atoms with Crippen LogP contribution < -0.4 is 5.32 Å². The quantitative estimate of drug-likeness (QED) is 0.340. The number of thioether (sulfide) groups is 1. The third-order valence-corrected chi connectivity index (χ3v) is 8.71. The number of carbonyl (C=O) groups is 1. The molecule has 184 valence electrons. The molecule has 2 atom stereocenters. The fraction of sp³-hybridized carbons (Fsp3) is 0.407. The van der Waals surface area contributed by atoms with E-state index in [0.717, 1.165) is 38.0 Å². The van der Waals surface area contributed by atoms with Crippen molar-refractivity contribution in [2.75, 3.05) is 20.1 Å². The largest absolute Gasteiger partial charge is 0.319 e. The van der Waals surface area contributed by atoms with Crippen LogP contribution in [0.5, 0.6) is 0 Å². The second-order valence-electron chi connectivity index (χ2n) is 9.55. The standard InChI is InChI=1S/C27H31N5OS.ClH/c1-30(26(33)22-9-6-14-28-16-22)29-18-32-24(21-13-12-19-7-2-3-8-20(19)15-21)17-31-23-10-4-5-11-25(23)34-27(31)32;/h2-3,7-8,12-13,15,17-18,22,27-28H,4-6,9-11,14,16H2,1H3;1H. The Kier molecular flexibility index (Phi) is 7.09. The average Bonchev–Trinajstić information content (AvgIpc) is 3.43. The highest BCUT2D eigenvalue weighted by atomic mass is 35.5. The summed E-state index contributed by atoms with van der Waals surface area (Å²) in [5.74, 6) is 0.101. The van der Waals surface area contributed by atoms with E-state index in [1.165, 1.54) is 51.2 Å². The molecule has 1 fully saturated rings. The molecule has 35 heavy (non-hydrogen) atoms. The van der Waals surface area contributed by atoms with E-state index in [0.29, 0.717) is 0 Å². The van der Waals surface area contributed by atoms with Crippen LogP contribution >= 0.6 is 24.2 Å². The van der Waals surface area contributed by atoms with Gasteiger partial charge in [0, 0.05) is 36.0 Å². The van der Waals surface area contributed by atoms with E-state index in [9.17, 15) is 4.79 Å². The van der Waals surface area contributed by atoms with Crippen molar-refractivity contribution in [1.82, 2.24) is 20.1 Å². The van der Waals surface area contributed by atoms with Gasteiger partial charge in [0.25, 0.3) is 0 Å². The van der Waals surface area contributed by atoms with Crippen LogP contribution in [-0.2, 0) is 4.79 Å². The number of halogens is 1. The predicted octanol–water partition coefficient (Wildman–Crippen LogP) is 5.39. The van der Waals surface area contributed by atoms with Gasteiger partial charge in [0.1, 0.15) is 6.34 Å². The molecular weight excluding hydrogens is 478 g/mol. The summed E-state index contributed by atoms with van der Waals surface area (Å²) >= 11 is 1.94. The summed E-state index contributed by atoms with van der Waals surface area (Å²) < 4.78 is 0. The van der Waals surface area contributed by atoms with Crippen molar-refractivity contribution < 1.29 is 4.79 Å². The van der Waals surface area contributed by atoms with Gasteiger partial charge in [-0.25, -0.2) is 5.01 Å². The molecule has 1 aliphatic carbocycles. The van der Waals surface area contributed by atoms with Gasteiger partial charge in [0.15, 0.2) is 5.50 Å². The van der Waals surface area contributed by atoms with Crippen LogP contribution in [0.3, 0.4) is 0 Å². The second kappa shape index (κ2) is 10.2. The lowest BCUT2D eigenvalue weighted by molar-refractivity contribution is -0.134. The fourth-order valence-electron chi connectivity index (χ4n) is 5.44. The number of hydrogen-bond acceptors (Lipinski definition) is 5. The Morgan fingerprint density at radius 2 is 1.97 bits per heavy atom. The molecule has 2 aromatic carbocycles. The Hall–Kier alpha value is -2.48. The molecule has 6 rings (SSSR count). The monoisotopic (exact) mass is 509 g/mol.